The van der Waals surface area contributed by atoms with Crippen LogP contribution in [0, 0.1) is 12.3 Å². The maximum Gasteiger partial charge on any atom is 0.263 e. The van der Waals surface area contributed by atoms with E-state index < -0.39 is 12.3 Å². The van der Waals surface area contributed by atoms with Crippen molar-refractivity contribution in [1.29, 1.82) is 0 Å². The van der Waals surface area contributed by atoms with Gasteiger partial charge in [0, 0.05) is 53.7 Å². The number of aromatic nitrogens is 1. The van der Waals surface area contributed by atoms with Gasteiger partial charge in [-0.15, -0.1) is 0 Å². The number of hydrogen-bond acceptors (Lipinski definition) is 2. The van der Waals surface area contributed by atoms with E-state index in [4.69, 9.17) is 4.74 Å². The monoisotopic (exact) mass is 460 g/mol. The molecule has 2 aliphatic rings. The molecule has 2 heterocycles. The number of ether oxygens (including phenoxy) is 1. The summed E-state index contributed by atoms with van der Waals surface area (Å²) < 4.78 is 59.6. The van der Waals surface area contributed by atoms with E-state index in [1.165, 1.54) is 12.1 Å². The Hall–Kier alpha value is -2.54. The first-order valence-electron chi connectivity index (χ1n) is 11.3. The quantitative estimate of drug-likeness (QED) is 0.409. The molecular formula is C26H28F4N2O. The Morgan fingerprint density at radius 1 is 1.15 bits per heavy atom. The van der Waals surface area contributed by atoms with Gasteiger partial charge in [-0.05, 0) is 55.0 Å². The van der Waals surface area contributed by atoms with E-state index in [1.807, 2.05) is 25.3 Å². The highest BCUT2D eigenvalue weighted by molar-refractivity contribution is 5.88. The topological polar surface area (TPSA) is 28.3 Å². The zero-order valence-electron chi connectivity index (χ0n) is 18.8. The van der Waals surface area contributed by atoms with Crippen molar-refractivity contribution in [3.8, 4) is 5.75 Å². The number of piperidine rings is 1. The third-order valence-electron chi connectivity index (χ3n) is 7.53. The van der Waals surface area contributed by atoms with Crippen molar-refractivity contribution in [3.63, 3.8) is 0 Å². The van der Waals surface area contributed by atoms with Crippen molar-refractivity contribution in [1.82, 2.24) is 9.88 Å². The van der Waals surface area contributed by atoms with Gasteiger partial charge in [0.1, 0.15) is 5.75 Å². The molecule has 7 heteroatoms. The maximum absolute atomic E-state index is 13.8. The number of H-pyrrole nitrogens is 1. The lowest BCUT2D eigenvalue weighted by Crippen LogP contribution is -2.53. The van der Waals surface area contributed by atoms with Crippen LogP contribution in [0.4, 0.5) is 17.6 Å². The molecular weight excluding hydrogens is 432 g/mol. The highest BCUT2D eigenvalue weighted by atomic mass is 19.3. The van der Waals surface area contributed by atoms with Gasteiger partial charge in [0.05, 0.1) is 7.11 Å². The van der Waals surface area contributed by atoms with E-state index in [2.05, 4.69) is 9.88 Å². The molecule has 0 bridgehead atoms. The van der Waals surface area contributed by atoms with Gasteiger partial charge < -0.3 is 9.72 Å². The lowest BCUT2D eigenvalue weighted by atomic mass is 9.59. The summed E-state index contributed by atoms with van der Waals surface area (Å²) in [7, 11) is 1.65. The molecule has 2 fully saturated rings. The third kappa shape index (κ3) is 4.01. The SMILES string of the molecule is COc1cc(C)c2[nH]ccc2c1CN1CCC2(C[C@@H]1c1ccc(C(F)F)cc1)CC(F)(F)C2. The Balaban J connectivity index is 1.50. The number of benzene rings is 2. The van der Waals surface area contributed by atoms with Gasteiger partial charge in [0.2, 0.25) is 5.92 Å². The van der Waals surface area contributed by atoms with Gasteiger partial charge in [-0.25, -0.2) is 17.6 Å². The highest BCUT2D eigenvalue weighted by Crippen LogP contribution is 2.60. The van der Waals surface area contributed by atoms with Crippen LogP contribution in [0.1, 0.15) is 60.4 Å². The molecule has 1 aliphatic carbocycles. The summed E-state index contributed by atoms with van der Waals surface area (Å²) in [5.41, 5.74) is 3.67. The van der Waals surface area contributed by atoms with Gasteiger partial charge >= 0.3 is 0 Å². The Morgan fingerprint density at radius 2 is 1.88 bits per heavy atom. The summed E-state index contributed by atoms with van der Waals surface area (Å²) in [6, 6.07) is 10.3. The number of halogens is 4. The number of nitrogens with one attached hydrogen (secondary N) is 1. The van der Waals surface area contributed by atoms with Crippen LogP contribution < -0.4 is 4.74 Å². The van der Waals surface area contributed by atoms with Gasteiger partial charge in [0.15, 0.2) is 0 Å². The number of fused-ring (bicyclic) bond motifs is 1. The fourth-order valence-corrected chi connectivity index (χ4v) is 5.91. The summed E-state index contributed by atoms with van der Waals surface area (Å²) in [5.74, 6) is -1.80. The second-order valence-corrected chi connectivity index (χ2v) is 9.76. The number of aryl methyl sites for hydroxylation is 1. The highest BCUT2D eigenvalue weighted by Gasteiger charge is 2.58. The smallest absolute Gasteiger partial charge is 0.263 e. The van der Waals surface area contributed by atoms with Crippen LogP contribution >= 0.6 is 0 Å². The Bertz CT molecular complexity index is 1150. The second kappa shape index (κ2) is 8.05. The number of likely N-dealkylation sites (tertiary alicyclic amines) is 1. The number of hydrogen-bond donors (Lipinski definition) is 1. The summed E-state index contributed by atoms with van der Waals surface area (Å²) in [4.78, 5) is 5.58. The van der Waals surface area contributed by atoms with Crippen LogP contribution in [-0.4, -0.2) is 29.5 Å². The normalized spacial score (nSPS) is 22.1. The minimum absolute atomic E-state index is 0.0276. The molecule has 1 N–H and O–H groups in total. The summed E-state index contributed by atoms with van der Waals surface area (Å²) in [6.07, 6.45) is 0.504. The first kappa shape index (κ1) is 22.3. The molecule has 1 aliphatic heterocycles. The molecule has 5 rings (SSSR count). The van der Waals surface area contributed by atoms with E-state index in [0.717, 1.165) is 33.3 Å². The largest absolute Gasteiger partial charge is 0.496 e. The zero-order valence-corrected chi connectivity index (χ0v) is 18.8. The van der Waals surface area contributed by atoms with Crippen molar-refractivity contribution in [2.24, 2.45) is 5.41 Å². The third-order valence-corrected chi connectivity index (χ3v) is 7.53. The molecule has 2 aromatic carbocycles. The van der Waals surface area contributed by atoms with Crippen molar-refractivity contribution in [2.45, 2.75) is 57.5 Å². The van der Waals surface area contributed by atoms with E-state index in [1.54, 1.807) is 19.2 Å². The fourth-order valence-electron chi connectivity index (χ4n) is 5.91. The van der Waals surface area contributed by atoms with E-state index in [0.29, 0.717) is 25.9 Å². The minimum Gasteiger partial charge on any atom is -0.496 e. The molecule has 1 saturated carbocycles. The predicted octanol–water partition coefficient (Wildman–Crippen LogP) is 7.18. The van der Waals surface area contributed by atoms with Gasteiger partial charge in [-0.1, -0.05) is 24.3 Å². The standard InChI is InChI=1S/C26H28F4N2O/c1-16-11-22(33-2)20(19-7-9-31-23(16)19)13-32-10-8-25(14-26(29,30)15-25)12-21(32)17-3-5-18(6-4-17)24(27)28/h3-7,9,11,21,24,31H,8,10,12-15H2,1-2H3/t21-/m1/s1. The van der Waals surface area contributed by atoms with E-state index in [9.17, 15) is 17.6 Å². The van der Waals surface area contributed by atoms with Gasteiger partial charge in [-0.3, -0.25) is 4.90 Å². The number of methoxy groups -OCH3 is 1. The molecule has 1 atom stereocenters. The van der Waals surface area contributed by atoms with Crippen LogP contribution in [0.5, 0.6) is 5.75 Å². The first-order chi connectivity index (χ1) is 15.7. The Morgan fingerprint density at radius 3 is 2.52 bits per heavy atom. The van der Waals surface area contributed by atoms with E-state index in [-0.39, 0.29) is 29.9 Å². The molecule has 0 unspecified atom stereocenters. The maximum atomic E-state index is 13.8. The molecule has 1 aromatic heterocycles. The Kier molecular flexibility index (Phi) is 5.43. The van der Waals surface area contributed by atoms with Crippen molar-refractivity contribution < 1.29 is 22.3 Å². The molecule has 0 radical (unpaired) electrons. The first-order valence-corrected chi connectivity index (χ1v) is 11.3. The van der Waals surface area contributed by atoms with Crippen LogP contribution in [0.2, 0.25) is 0 Å². The molecule has 1 spiro atoms. The van der Waals surface area contributed by atoms with Crippen LogP contribution in [-0.2, 0) is 6.54 Å². The summed E-state index contributed by atoms with van der Waals surface area (Å²) in [6.45, 7) is 3.28. The van der Waals surface area contributed by atoms with Gasteiger partial charge in [0.25, 0.3) is 6.43 Å². The van der Waals surface area contributed by atoms with Crippen LogP contribution in [0.15, 0.2) is 42.6 Å². The molecule has 3 aromatic rings. The molecule has 1 saturated heterocycles. The summed E-state index contributed by atoms with van der Waals surface area (Å²) >= 11 is 0. The van der Waals surface area contributed by atoms with Crippen LogP contribution in [0.25, 0.3) is 10.9 Å². The van der Waals surface area contributed by atoms with Crippen molar-refractivity contribution in [3.05, 3.63) is 64.8 Å². The average molecular weight is 461 g/mol. The molecule has 33 heavy (non-hydrogen) atoms. The van der Waals surface area contributed by atoms with Crippen molar-refractivity contribution >= 4 is 10.9 Å². The predicted molar refractivity (Wildman–Crippen MR) is 120 cm³/mol. The zero-order chi connectivity index (χ0) is 23.4. The van der Waals surface area contributed by atoms with Gasteiger partial charge in [-0.2, -0.15) is 0 Å². The molecule has 3 nitrogen and oxygen atoms in total. The number of alkyl halides is 4. The number of nitrogens with zero attached hydrogens (tertiary/aromatic N) is 1. The molecule has 176 valence electrons. The van der Waals surface area contributed by atoms with Crippen molar-refractivity contribution in [2.75, 3.05) is 13.7 Å². The second-order valence-electron chi connectivity index (χ2n) is 9.76. The lowest BCUT2D eigenvalue weighted by Gasteiger charge is -2.54. The lowest BCUT2D eigenvalue weighted by molar-refractivity contribution is -0.186. The fraction of sp³-hybridized carbons (Fsp3) is 0.462. The molecule has 0 amide bonds. The van der Waals surface area contributed by atoms with Crippen LogP contribution in [0.3, 0.4) is 0 Å². The Labute approximate surface area is 190 Å². The average Bonchev–Trinajstić information content (AvgIpc) is 3.26. The minimum atomic E-state index is -2.59. The summed E-state index contributed by atoms with van der Waals surface area (Å²) in [5, 5.41) is 1.08. The van der Waals surface area contributed by atoms with E-state index >= 15 is 0 Å². The number of aromatic amines is 1. The number of rotatable bonds is 5.